The molecule has 0 radical (unpaired) electrons. The first kappa shape index (κ1) is 18.0. The Hall–Kier alpha value is -2.38. The molecule has 6 nitrogen and oxygen atoms in total. The Morgan fingerprint density at radius 1 is 1.08 bits per heavy atom. The Balaban J connectivity index is 2.34. The van der Waals surface area contributed by atoms with E-state index in [1.807, 2.05) is 30.3 Å². The van der Waals surface area contributed by atoms with Gasteiger partial charge < -0.3 is 10.1 Å². The third kappa shape index (κ3) is 4.33. The van der Waals surface area contributed by atoms with Crippen LogP contribution < -0.4 is 10.1 Å². The van der Waals surface area contributed by atoms with E-state index in [4.69, 9.17) is 4.74 Å². The van der Waals surface area contributed by atoms with Crippen LogP contribution in [0.1, 0.15) is 5.56 Å². The molecular formula is C17H20N2O4S. The molecule has 0 heterocycles. The van der Waals surface area contributed by atoms with Gasteiger partial charge in [-0.15, -0.1) is 0 Å². The fourth-order valence-electron chi connectivity index (χ4n) is 2.15. The van der Waals surface area contributed by atoms with Gasteiger partial charge in [0, 0.05) is 13.6 Å². The van der Waals surface area contributed by atoms with Crippen molar-refractivity contribution in [2.24, 2.45) is 0 Å². The molecular weight excluding hydrogens is 328 g/mol. The number of sulfonamides is 1. The van der Waals surface area contributed by atoms with Crippen LogP contribution in [0.2, 0.25) is 0 Å². The van der Waals surface area contributed by atoms with Crippen molar-refractivity contribution in [1.82, 2.24) is 9.62 Å². The molecule has 2 aromatic carbocycles. The van der Waals surface area contributed by atoms with E-state index in [-0.39, 0.29) is 23.9 Å². The maximum absolute atomic E-state index is 12.9. The smallest absolute Gasteiger partial charge is 0.243 e. The summed E-state index contributed by atoms with van der Waals surface area (Å²) >= 11 is 0. The van der Waals surface area contributed by atoms with Crippen molar-refractivity contribution in [1.29, 1.82) is 0 Å². The fourth-order valence-corrected chi connectivity index (χ4v) is 3.53. The monoisotopic (exact) mass is 348 g/mol. The van der Waals surface area contributed by atoms with Gasteiger partial charge in [-0.1, -0.05) is 30.3 Å². The third-order valence-corrected chi connectivity index (χ3v) is 5.30. The molecule has 0 aliphatic carbocycles. The number of rotatable bonds is 7. The minimum Gasteiger partial charge on any atom is -0.497 e. The van der Waals surface area contributed by atoms with E-state index in [1.54, 1.807) is 12.1 Å². The molecule has 0 aliphatic heterocycles. The van der Waals surface area contributed by atoms with E-state index in [1.165, 1.54) is 26.3 Å². The second-order valence-corrected chi connectivity index (χ2v) is 7.05. The first-order chi connectivity index (χ1) is 11.5. The SMILES string of the molecule is CNC(=O)CN(Cc1ccccc1)S(=O)(=O)c1ccc(OC)cc1. The molecule has 7 heteroatoms. The van der Waals surface area contributed by atoms with Crippen LogP contribution in [0, 0.1) is 0 Å². The van der Waals surface area contributed by atoms with Crippen LogP contribution >= 0.6 is 0 Å². The summed E-state index contributed by atoms with van der Waals surface area (Å²) in [6.07, 6.45) is 0. The number of hydrogen-bond acceptors (Lipinski definition) is 4. The van der Waals surface area contributed by atoms with E-state index in [9.17, 15) is 13.2 Å². The van der Waals surface area contributed by atoms with Gasteiger partial charge in [-0.25, -0.2) is 8.42 Å². The van der Waals surface area contributed by atoms with Gasteiger partial charge in [-0.3, -0.25) is 4.79 Å². The number of nitrogens with zero attached hydrogens (tertiary/aromatic N) is 1. The van der Waals surface area contributed by atoms with Gasteiger partial charge in [0.15, 0.2) is 0 Å². The molecule has 2 rings (SSSR count). The van der Waals surface area contributed by atoms with Crippen molar-refractivity contribution >= 4 is 15.9 Å². The lowest BCUT2D eigenvalue weighted by Gasteiger charge is -2.21. The largest absolute Gasteiger partial charge is 0.497 e. The second-order valence-electron chi connectivity index (χ2n) is 5.11. The highest BCUT2D eigenvalue weighted by Gasteiger charge is 2.26. The maximum atomic E-state index is 12.9. The van der Waals surface area contributed by atoms with Crippen LogP contribution in [-0.2, 0) is 21.4 Å². The molecule has 1 N–H and O–H groups in total. The molecule has 128 valence electrons. The highest BCUT2D eigenvalue weighted by Crippen LogP contribution is 2.21. The molecule has 24 heavy (non-hydrogen) atoms. The molecule has 0 unspecified atom stereocenters. The van der Waals surface area contributed by atoms with Crippen molar-refractivity contribution in [3.05, 3.63) is 60.2 Å². The van der Waals surface area contributed by atoms with Gasteiger partial charge >= 0.3 is 0 Å². The number of amides is 1. The number of carbonyl (C=O) groups excluding carboxylic acids is 1. The minimum absolute atomic E-state index is 0.114. The van der Waals surface area contributed by atoms with Gasteiger partial charge in [-0.05, 0) is 29.8 Å². The number of nitrogens with one attached hydrogen (secondary N) is 1. The maximum Gasteiger partial charge on any atom is 0.243 e. The predicted molar refractivity (Wildman–Crippen MR) is 91.1 cm³/mol. The molecule has 1 amide bonds. The van der Waals surface area contributed by atoms with Crippen molar-refractivity contribution in [3.8, 4) is 5.75 Å². The molecule has 0 aliphatic rings. The molecule has 0 aromatic heterocycles. The lowest BCUT2D eigenvalue weighted by atomic mass is 10.2. The van der Waals surface area contributed by atoms with E-state index in [2.05, 4.69) is 5.32 Å². The van der Waals surface area contributed by atoms with Gasteiger partial charge in [0.05, 0.1) is 18.6 Å². The molecule has 0 spiro atoms. The number of hydrogen-bond donors (Lipinski definition) is 1. The van der Waals surface area contributed by atoms with Gasteiger partial charge in [0.1, 0.15) is 5.75 Å². The van der Waals surface area contributed by atoms with Crippen molar-refractivity contribution in [2.45, 2.75) is 11.4 Å². The van der Waals surface area contributed by atoms with E-state index in [0.29, 0.717) is 5.75 Å². The normalized spacial score (nSPS) is 11.3. The zero-order chi connectivity index (χ0) is 17.6. The first-order valence-electron chi connectivity index (χ1n) is 7.36. The summed E-state index contributed by atoms with van der Waals surface area (Å²) in [5.41, 5.74) is 0.804. The summed E-state index contributed by atoms with van der Waals surface area (Å²) in [6, 6.07) is 15.2. The molecule has 0 fully saturated rings. The fraction of sp³-hybridized carbons (Fsp3) is 0.235. The molecule has 0 saturated heterocycles. The Labute approximate surface area is 142 Å². The summed E-state index contributed by atoms with van der Waals surface area (Å²) < 4.78 is 32.0. The number of likely N-dealkylation sites (N-methyl/N-ethyl adjacent to an activating group) is 1. The van der Waals surface area contributed by atoms with E-state index < -0.39 is 10.0 Å². The standard InChI is InChI=1S/C17H20N2O4S/c1-18-17(20)13-19(12-14-6-4-3-5-7-14)24(21,22)16-10-8-15(23-2)9-11-16/h3-11H,12-13H2,1-2H3,(H,18,20). The third-order valence-electron chi connectivity index (χ3n) is 3.50. The number of benzene rings is 2. The van der Waals surface area contributed by atoms with E-state index >= 15 is 0 Å². The average molecular weight is 348 g/mol. The van der Waals surface area contributed by atoms with Crippen LogP contribution in [0.5, 0.6) is 5.75 Å². The van der Waals surface area contributed by atoms with Crippen molar-refractivity contribution < 1.29 is 17.9 Å². The molecule has 2 aromatic rings. The first-order valence-corrected chi connectivity index (χ1v) is 8.80. The summed E-state index contributed by atoms with van der Waals surface area (Å²) in [5.74, 6) is 0.192. The summed E-state index contributed by atoms with van der Waals surface area (Å²) in [5, 5.41) is 2.46. The predicted octanol–water partition coefficient (Wildman–Crippen LogP) is 1.63. The van der Waals surface area contributed by atoms with Crippen LogP contribution in [-0.4, -0.2) is 39.3 Å². The molecule has 0 bridgehead atoms. The zero-order valence-corrected chi connectivity index (χ0v) is 14.4. The van der Waals surface area contributed by atoms with Crippen LogP contribution in [0.25, 0.3) is 0 Å². The lowest BCUT2D eigenvalue weighted by Crippen LogP contribution is -2.39. The summed E-state index contributed by atoms with van der Waals surface area (Å²) in [4.78, 5) is 11.9. The van der Waals surface area contributed by atoms with Crippen molar-refractivity contribution in [3.63, 3.8) is 0 Å². The van der Waals surface area contributed by atoms with Crippen molar-refractivity contribution in [2.75, 3.05) is 20.7 Å². The Morgan fingerprint density at radius 3 is 2.25 bits per heavy atom. The minimum atomic E-state index is -3.81. The van der Waals surface area contributed by atoms with Crippen LogP contribution in [0.4, 0.5) is 0 Å². The van der Waals surface area contributed by atoms with Crippen LogP contribution in [0.3, 0.4) is 0 Å². The quantitative estimate of drug-likeness (QED) is 0.825. The molecule has 0 atom stereocenters. The Kier molecular flexibility index (Phi) is 5.94. The summed E-state index contributed by atoms with van der Waals surface area (Å²) in [7, 11) is -0.827. The highest BCUT2D eigenvalue weighted by molar-refractivity contribution is 7.89. The number of carbonyl (C=O) groups is 1. The molecule has 0 saturated carbocycles. The second kappa shape index (κ2) is 7.94. The number of methoxy groups -OCH3 is 1. The van der Waals surface area contributed by atoms with Gasteiger partial charge in [0.2, 0.25) is 15.9 Å². The zero-order valence-electron chi connectivity index (χ0n) is 13.6. The highest BCUT2D eigenvalue weighted by atomic mass is 32.2. The topological polar surface area (TPSA) is 75.7 Å². The average Bonchev–Trinajstić information content (AvgIpc) is 2.62. The van der Waals surface area contributed by atoms with Crippen LogP contribution in [0.15, 0.2) is 59.5 Å². The van der Waals surface area contributed by atoms with Gasteiger partial charge in [-0.2, -0.15) is 4.31 Å². The van der Waals surface area contributed by atoms with Gasteiger partial charge in [0.25, 0.3) is 0 Å². The lowest BCUT2D eigenvalue weighted by molar-refractivity contribution is -0.120. The number of ether oxygens (including phenoxy) is 1. The van der Waals surface area contributed by atoms with E-state index in [0.717, 1.165) is 9.87 Å². The Morgan fingerprint density at radius 2 is 1.71 bits per heavy atom. The Bertz CT molecular complexity index is 774. The summed E-state index contributed by atoms with van der Waals surface area (Å²) in [6.45, 7) is -0.137.